The second-order valence-corrected chi connectivity index (χ2v) is 4.42. The zero-order valence-electron chi connectivity index (χ0n) is 10.3. The van der Waals surface area contributed by atoms with Crippen molar-refractivity contribution in [2.75, 3.05) is 23.8 Å². The van der Waals surface area contributed by atoms with Crippen molar-refractivity contribution in [1.82, 2.24) is 9.97 Å². The van der Waals surface area contributed by atoms with Crippen LogP contribution in [0.1, 0.15) is 26.5 Å². The van der Waals surface area contributed by atoms with Crippen molar-refractivity contribution in [3.05, 3.63) is 11.8 Å². The van der Waals surface area contributed by atoms with Crippen LogP contribution in [0.25, 0.3) is 0 Å². The van der Waals surface area contributed by atoms with Gasteiger partial charge in [0.25, 0.3) is 0 Å². The lowest BCUT2D eigenvalue weighted by Crippen LogP contribution is -2.35. The molecule has 90 valence electrons. The number of rotatable bonds is 5. The summed E-state index contributed by atoms with van der Waals surface area (Å²) in [6, 6.07) is 1.86. The second-order valence-electron chi connectivity index (χ2n) is 4.42. The Bertz CT molecular complexity index is 352. The summed E-state index contributed by atoms with van der Waals surface area (Å²) >= 11 is 0. The van der Waals surface area contributed by atoms with Gasteiger partial charge in [0, 0.05) is 18.3 Å². The minimum atomic E-state index is -0.385. The van der Waals surface area contributed by atoms with Crippen LogP contribution in [0.5, 0.6) is 0 Å². The average Bonchev–Trinajstić information content (AvgIpc) is 2.16. The van der Waals surface area contributed by atoms with Crippen molar-refractivity contribution in [2.24, 2.45) is 0 Å². The van der Waals surface area contributed by atoms with E-state index < -0.39 is 0 Å². The molecule has 1 aromatic heterocycles. The van der Waals surface area contributed by atoms with Crippen molar-refractivity contribution < 1.29 is 5.11 Å². The minimum absolute atomic E-state index is 0.0482. The van der Waals surface area contributed by atoms with Crippen LogP contribution in [0.4, 0.5) is 11.8 Å². The van der Waals surface area contributed by atoms with E-state index in [2.05, 4.69) is 20.6 Å². The maximum atomic E-state index is 9.18. The van der Waals surface area contributed by atoms with E-state index in [1.807, 2.05) is 33.8 Å². The van der Waals surface area contributed by atoms with Gasteiger partial charge in [-0.15, -0.1) is 0 Å². The maximum Gasteiger partial charge on any atom is 0.224 e. The number of aromatic nitrogens is 2. The highest BCUT2D eigenvalue weighted by Crippen LogP contribution is 2.14. The SMILES string of the molecule is CCNc1nc(C)cc(NC(C)(C)CO)n1. The molecular weight excluding hydrogens is 204 g/mol. The van der Waals surface area contributed by atoms with Crippen LogP contribution in [-0.4, -0.2) is 33.8 Å². The molecule has 16 heavy (non-hydrogen) atoms. The molecule has 1 heterocycles. The first-order valence-corrected chi connectivity index (χ1v) is 5.45. The fourth-order valence-corrected chi connectivity index (χ4v) is 1.26. The Kier molecular flexibility index (Phi) is 4.06. The van der Waals surface area contributed by atoms with Gasteiger partial charge < -0.3 is 15.7 Å². The summed E-state index contributed by atoms with van der Waals surface area (Å²) in [7, 11) is 0. The molecule has 5 heteroatoms. The molecule has 0 fully saturated rings. The summed E-state index contributed by atoms with van der Waals surface area (Å²) in [5.41, 5.74) is 0.506. The van der Waals surface area contributed by atoms with Crippen LogP contribution in [0, 0.1) is 6.92 Å². The molecular formula is C11H20N4O. The summed E-state index contributed by atoms with van der Waals surface area (Å²) in [5.74, 6) is 1.33. The van der Waals surface area contributed by atoms with E-state index in [-0.39, 0.29) is 12.1 Å². The van der Waals surface area contributed by atoms with E-state index >= 15 is 0 Å². The largest absolute Gasteiger partial charge is 0.394 e. The predicted octanol–water partition coefficient (Wildman–Crippen LogP) is 1.40. The quantitative estimate of drug-likeness (QED) is 0.705. The van der Waals surface area contributed by atoms with Crippen molar-refractivity contribution >= 4 is 11.8 Å². The standard InChI is InChI=1S/C11H20N4O/c1-5-12-10-13-8(2)6-9(14-10)15-11(3,4)7-16/h6,16H,5,7H2,1-4H3,(H2,12,13,14,15). The number of hydrogen-bond acceptors (Lipinski definition) is 5. The molecule has 0 aliphatic heterocycles. The van der Waals surface area contributed by atoms with Gasteiger partial charge in [-0.25, -0.2) is 4.98 Å². The molecule has 0 aliphatic rings. The number of nitrogens with zero attached hydrogens (tertiary/aromatic N) is 2. The van der Waals surface area contributed by atoms with E-state index in [0.29, 0.717) is 5.95 Å². The van der Waals surface area contributed by atoms with Crippen LogP contribution >= 0.6 is 0 Å². The van der Waals surface area contributed by atoms with Crippen LogP contribution in [0.2, 0.25) is 0 Å². The molecule has 0 unspecified atom stereocenters. The molecule has 1 aromatic rings. The van der Waals surface area contributed by atoms with Crippen molar-refractivity contribution in [2.45, 2.75) is 33.2 Å². The number of hydrogen-bond donors (Lipinski definition) is 3. The lowest BCUT2D eigenvalue weighted by molar-refractivity contribution is 0.234. The summed E-state index contributed by atoms with van der Waals surface area (Å²) < 4.78 is 0. The Morgan fingerprint density at radius 1 is 1.38 bits per heavy atom. The van der Waals surface area contributed by atoms with Crippen LogP contribution in [0.3, 0.4) is 0 Å². The first-order chi connectivity index (χ1) is 7.46. The van der Waals surface area contributed by atoms with Crippen LogP contribution in [0.15, 0.2) is 6.07 Å². The number of anilines is 2. The van der Waals surface area contributed by atoms with E-state index in [1.54, 1.807) is 0 Å². The molecule has 0 aromatic carbocycles. The fourth-order valence-electron chi connectivity index (χ4n) is 1.26. The maximum absolute atomic E-state index is 9.18. The van der Waals surface area contributed by atoms with Gasteiger partial charge in [0.2, 0.25) is 5.95 Å². The number of aliphatic hydroxyl groups is 1. The number of nitrogens with one attached hydrogen (secondary N) is 2. The van der Waals surface area contributed by atoms with Gasteiger partial charge in [0.15, 0.2) is 0 Å². The van der Waals surface area contributed by atoms with Crippen molar-refractivity contribution in [3.63, 3.8) is 0 Å². The fraction of sp³-hybridized carbons (Fsp3) is 0.636. The average molecular weight is 224 g/mol. The third kappa shape index (κ3) is 3.66. The molecule has 0 atom stereocenters. The summed E-state index contributed by atoms with van der Waals surface area (Å²) in [5, 5.41) is 15.4. The minimum Gasteiger partial charge on any atom is -0.394 e. The summed E-state index contributed by atoms with van der Waals surface area (Å²) in [6.45, 7) is 8.57. The Labute approximate surface area is 96.3 Å². The molecule has 3 N–H and O–H groups in total. The van der Waals surface area contributed by atoms with Gasteiger partial charge in [-0.1, -0.05) is 0 Å². The first-order valence-electron chi connectivity index (χ1n) is 5.45. The molecule has 0 bridgehead atoms. The molecule has 5 nitrogen and oxygen atoms in total. The Hall–Kier alpha value is -1.36. The smallest absolute Gasteiger partial charge is 0.224 e. The lowest BCUT2D eigenvalue weighted by Gasteiger charge is -2.24. The van der Waals surface area contributed by atoms with E-state index in [0.717, 1.165) is 18.1 Å². The van der Waals surface area contributed by atoms with E-state index in [1.165, 1.54) is 0 Å². The molecule has 0 radical (unpaired) electrons. The molecule has 0 saturated carbocycles. The monoisotopic (exact) mass is 224 g/mol. The second kappa shape index (κ2) is 5.12. The van der Waals surface area contributed by atoms with Crippen molar-refractivity contribution in [1.29, 1.82) is 0 Å². The normalized spacial score (nSPS) is 11.3. The summed E-state index contributed by atoms with van der Waals surface area (Å²) in [6.07, 6.45) is 0. The highest BCUT2D eigenvalue weighted by Gasteiger charge is 2.16. The van der Waals surface area contributed by atoms with Crippen LogP contribution in [-0.2, 0) is 0 Å². The summed E-state index contributed by atoms with van der Waals surface area (Å²) in [4.78, 5) is 8.57. The van der Waals surface area contributed by atoms with E-state index in [4.69, 9.17) is 0 Å². The topological polar surface area (TPSA) is 70.1 Å². The molecule has 0 aliphatic carbocycles. The zero-order valence-corrected chi connectivity index (χ0v) is 10.3. The molecule has 0 amide bonds. The zero-order chi connectivity index (χ0) is 12.2. The Balaban J connectivity index is 2.87. The first kappa shape index (κ1) is 12.7. The lowest BCUT2D eigenvalue weighted by atomic mass is 10.1. The molecule has 0 spiro atoms. The third-order valence-corrected chi connectivity index (χ3v) is 2.05. The number of aliphatic hydroxyl groups excluding tert-OH is 1. The Morgan fingerprint density at radius 2 is 2.06 bits per heavy atom. The van der Waals surface area contributed by atoms with Gasteiger partial charge >= 0.3 is 0 Å². The van der Waals surface area contributed by atoms with Gasteiger partial charge in [-0.3, -0.25) is 0 Å². The predicted molar refractivity (Wildman–Crippen MR) is 65.7 cm³/mol. The van der Waals surface area contributed by atoms with Gasteiger partial charge in [0.1, 0.15) is 5.82 Å². The molecule has 1 rings (SSSR count). The Morgan fingerprint density at radius 3 is 2.62 bits per heavy atom. The highest BCUT2D eigenvalue weighted by atomic mass is 16.3. The molecule has 0 saturated heterocycles. The van der Waals surface area contributed by atoms with E-state index in [9.17, 15) is 5.11 Å². The third-order valence-electron chi connectivity index (χ3n) is 2.05. The van der Waals surface area contributed by atoms with Crippen LogP contribution < -0.4 is 10.6 Å². The van der Waals surface area contributed by atoms with Gasteiger partial charge in [-0.05, 0) is 27.7 Å². The van der Waals surface area contributed by atoms with Crippen molar-refractivity contribution in [3.8, 4) is 0 Å². The van der Waals surface area contributed by atoms with Gasteiger partial charge in [-0.2, -0.15) is 4.98 Å². The number of aryl methyl sites for hydroxylation is 1. The highest BCUT2D eigenvalue weighted by molar-refractivity contribution is 5.43. The van der Waals surface area contributed by atoms with Gasteiger partial charge in [0.05, 0.1) is 12.1 Å².